The first-order valence-electron chi connectivity index (χ1n) is 10.6. The second-order valence-electron chi connectivity index (χ2n) is 7.46. The summed E-state index contributed by atoms with van der Waals surface area (Å²) in [4.78, 5) is 12.2. The number of benzene rings is 3. The average Bonchev–Trinajstić information content (AvgIpc) is 2.84. The molecule has 8 heteroatoms. The summed E-state index contributed by atoms with van der Waals surface area (Å²) in [6, 6.07) is 22.6. The summed E-state index contributed by atoms with van der Waals surface area (Å²) < 4.78 is 38.5. The highest BCUT2D eigenvalue weighted by atomic mass is 32.2. The van der Waals surface area contributed by atoms with Crippen molar-refractivity contribution < 1.29 is 22.7 Å². The van der Waals surface area contributed by atoms with E-state index >= 15 is 0 Å². The minimum absolute atomic E-state index is 0.126. The first-order valence-corrected chi connectivity index (χ1v) is 12.1. The van der Waals surface area contributed by atoms with Crippen LogP contribution in [0.1, 0.15) is 24.1 Å². The molecule has 0 unspecified atom stereocenters. The van der Waals surface area contributed by atoms with Gasteiger partial charge in [-0.3, -0.25) is 4.79 Å². The van der Waals surface area contributed by atoms with Gasteiger partial charge in [-0.1, -0.05) is 42.5 Å². The van der Waals surface area contributed by atoms with Crippen molar-refractivity contribution >= 4 is 15.9 Å². The summed E-state index contributed by atoms with van der Waals surface area (Å²) in [5, 5.41) is 2.80. The molecule has 0 radical (unpaired) electrons. The van der Waals surface area contributed by atoms with Crippen LogP contribution in [-0.2, 0) is 21.2 Å². The van der Waals surface area contributed by atoms with E-state index in [0.29, 0.717) is 18.7 Å². The standard InChI is InChI=1S/C25H28N2O5S/c1-19(21-6-4-3-5-7-21)27-33(29,30)24-14-12-23(13-15-24)32-18-25(28)26-17-16-20-8-10-22(31-2)11-9-20/h3-15,19,27H,16-18H2,1-2H3,(H,26,28)/t19-/m0/s1. The Balaban J connectivity index is 1.45. The molecular weight excluding hydrogens is 440 g/mol. The molecule has 3 aromatic rings. The van der Waals surface area contributed by atoms with Crippen molar-refractivity contribution in [2.24, 2.45) is 0 Å². The molecule has 7 nitrogen and oxygen atoms in total. The molecule has 3 aromatic carbocycles. The number of sulfonamides is 1. The molecule has 2 N–H and O–H groups in total. The maximum atomic E-state index is 12.6. The van der Waals surface area contributed by atoms with Crippen LogP contribution in [0, 0.1) is 0 Å². The molecule has 0 aliphatic rings. The van der Waals surface area contributed by atoms with E-state index in [9.17, 15) is 13.2 Å². The summed E-state index contributed by atoms with van der Waals surface area (Å²) >= 11 is 0. The molecule has 0 fully saturated rings. The zero-order valence-corrected chi connectivity index (χ0v) is 19.5. The number of hydrogen-bond acceptors (Lipinski definition) is 5. The molecule has 0 aliphatic carbocycles. The van der Waals surface area contributed by atoms with Crippen LogP contribution in [0.3, 0.4) is 0 Å². The second-order valence-corrected chi connectivity index (χ2v) is 9.18. The summed E-state index contributed by atoms with van der Waals surface area (Å²) in [6.07, 6.45) is 0.691. The third-order valence-corrected chi connectivity index (χ3v) is 6.59. The van der Waals surface area contributed by atoms with Gasteiger partial charge in [0.25, 0.3) is 5.91 Å². The van der Waals surface area contributed by atoms with Gasteiger partial charge in [0.15, 0.2) is 6.61 Å². The van der Waals surface area contributed by atoms with Gasteiger partial charge in [-0.15, -0.1) is 0 Å². The molecule has 0 spiro atoms. The Morgan fingerprint density at radius 1 is 0.909 bits per heavy atom. The number of hydrogen-bond donors (Lipinski definition) is 2. The first kappa shape index (κ1) is 24.3. The third-order valence-electron chi connectivity index (χ3n) is 5.03. The Morgan fingerprint density at radius 2 is 1.55 bits per heavy atom. The van der Waals surface area contributed by atoms with Crippen LogP contribution in [0.5, 0.6) is 11.5 Å². The van der Waals surface area contributed by atoms with Crippen LogP contribution in [0.25, 0.3) is 0 Å². The highest BCUT2D eigenvalue weighted by molar-refractivity contribution is 7.89. The Labute approximate surface area is 194 Å². The lowest BCUT2D eigenvalue weighted by atomic mass is 10.1. The van der Waals surface area contributed by atoms with Crippen molar-refractivity contribution in [3.63, 3.8) is 0 Å². The number of methoxy groups -OCH3 is 1. The zero-order valence-electron chi connectivity index (χ0n) is 18.7. The van der Waals surface area contributed by atoms with Crippen molar-refractivity contribution in [3.8, 4) is 11.5 Å². The molecule has 0 saturated carbocycles. The summed E-state index contributed by atoms with van der Waals surface area (Å²) in [5.41, 5.74) is 1.96. The molecule has 0 aliphatic heterocycles. The van der Waals surface area contributed by atoms with E-state index in [1.54, 1.807) is 14.0 Å². The fourth-order valence-electron chi connectivity index (χ4n) is 3.16. The van der Waals surface area contributed by atoms with E-state index in [0.717, 1.165) is 16.9 Å². The monoisotopic (exact) mass is 468 g/mol. The maximum absolute atomic E-state index is 12.6. The lowest BCUT2D eigenvalue weighted by Crippen LogP contribution is -2.30. The maximum Gasteiger partial charge on any atom is 0.257 e. The van der Waals surface area contributed by atoms with Crippen molar-refractivity contribution in [1.29, 1.82) is 0 Å². The normalized spacial score (nSPS) is 12.1. The van der Waals surface area contributed by atoms with Gasteiger partial charge < -0.3 is 14.8 Å². The fraction of sp³-hybridized carbons (Fsp3) is 0.240. The van der Waals surface area contributed by atoms with Crippen LogP contribution in [0.4, 0.5) is 0 Å². The van der Waals surface area contributed by atoms with E-state index in [1.807, 2.05) is 54.6 Å². The molecular formula is C25H28N2O5S. The zero-order chi connectivity index (χ0) is 23.7. The highest BCUT2D eigenvalue weighted by Crippen LogP contribution is 2.19. The lowest BCUT2D eigenvalue weighted by Gasteiger charge is -2.15. The number of amides is 1. The van der Waals surface area contributed by atoms with Gasteiger partial charge in [-0.2, -0.15) is 0 Å². The van der Waals surface area contributed by atoms with Crippen LogP contribution in [0.2, 0.25) is 0 Å². The van der Waals surface area contributed by atoms with Crippen LogP contribution in [0.15, 0.2) is 83.8 Å². The molecule has 3 rings (SSSR count). The third kappa shape index (κ3) is 7.34. The van der Waals surface area contributed by atoms with Gasteiger partial charge >= 0.3 is 0 Å². The Morgan fingerprint density at radius 3 is 2.18 bits per heavy atom. The molecule has 0 bridgehead atoms. The topological polar surface area (TPSA) is 93.7 Å². The molecule has 1 amide bonds. The number of rotatable bonds is 11. The van der Waals surface area contributed by atoms with Crippen LogP contribution >= 0.6 is 0 Å². The highest BCUT2D eigenvalue weighted by Gasteiger charge is 2.18. The predicted octanol–water partition coefficient (Wildman–Crippen LogP) is 3.47. The number of carbonyl (C=O) groups is 1. The Hall–Kier alpha value is -3.36. The quantitative estimate of drug-likeness (QED) is 0.449. The minimum atomic E-state index is -3.69. The van der Waals surface area contributed by atoms with Crippen LogP contribution in [-0.4, -0.2) is 34.6 Å². The van der Waals surface area contributed by atoms with Crippen molar-refractivity contribution in [2.75, 3.05) is 20.3 Å². The van der Waals surface area contributed by atoms with Gasteiger partial charge in [-0.25, -0.2) is 13.1 Å². The molecule has 0 heterocycles. The molecule has 174 valence electrons. The smallest absolute Gasteiger partial charge is 0.257 e. The van der Waals surface area contributed by atoms with E-state index in [4.69, 9.17) is 9.47 Å². The summed E-state index contributed by atoms with van der Waals surface area (Å²) in [6.45, 7) is 2.12. The van der Waals surface area contributed by atoms with Gasteiger partial charge in [0.1, 0.15) is 11.5 Å². The average molecular weight is 469 g/mol. The van der Waals surface area contributed by atoms with Gasteiger partial charge in [0.05, 0.1) is 12.0 Å². The first-order chi connectivity index (χ1) is 15.9. The second kappa shape index (κ2) is 11.5. The minimum Gasteiger partial charge on any atom is -0.497 e. The van der Waals surface area contributed by atoms with Crippen molar-refractivity contribution in [2.45, 2.75) is 24.3 Å². The molecule has 1 atom stereocenters. The van der Waals surface area contributed by atoms with E-state index in [2.05, 4.69) is 10.0 Å². The molecule has 0 aromatic heterocycles. The van der Waals surface area contributed by atoms with Gasteiger partial charge in [-0.05, 0) is 60.9 Å². The van der Waals surface area contributed by atoms with Gasteiger partial charge in [0, 0.05) is 12.6 Å². The predicted molar refractivity (Wildman–Crippen MR) is 127 cm³/mol. The van der Waals surface area contributed by atoms with E-state index in [1.165, 1.54) is 24.3 Å². The largest absolute Gasteiger partial charge is 0.497 e. The van der Waals surface area contributed by atoms with Crippen molar-refractivity contribution in [1.82, 2.24) is 10.0 Å². The van der Waals surface area contributed by atoms with E-state index in [-0.39, 0.29) is 23.5 Å². The Bertz CT molecular complexity index is 1130. The van der Waals surface area contributed by atoms with E-state index < -0.39 is 10.0 Å². The number of carbonyl (C=O) groups excluding carboxylic acids is 1. The Kier molecular flexibility index (Phi) is 8.46. The lowest BCUT2D eigenvalue weighted by molar-refractivity contribution is -0.123. The molecule has 33 heavy (non-hydrogen) atoms. The summed E-state index contributed by atoms with van der Waals surface area (Å²) in [5.74, 6) is 0.949. The summed E-state index contributed by atoms with van der Waals surface area (Å²) in [7, 11) is -2.08. The SMILES string of the molecule is COc1ccc(CCNC(=O)COc2ccc(S(=O)(=O)N[C@@H](C)c3ccccc3)cc2)cc1. The number of nitrogens with one attached hydrogen (secondary N) is 2. The van der Waals surface area contributed by atoms with Crippen molar-refractivity contribution in [3.05, 3.63) is 90.0 Å². The van der Waals surface area contributed by atoms with Crippen LogP contribution < -0.4 is 19.5 Å². The fourth-order valence-corrected chi connectivity index (χ4v) is 4.40. The van der Waals surface area contributed by atoms with Gasteiger partial charge in [0.2, 0.25) is 10.0 Å². The molecule has 0 saturated heterocycles. The number of ether oxygens (including phenoxy) is 2.